The van der Waals surface area contributed by atoms with E-state index in [1.165, 1.54) is 4.90 Å². The summed E-state index contributed by atoms with van der Waals surface area (Å²) in [6, 6.07) is 17.2. The Morgan fingerprint density at radius 2 is 1.42 bits per heavy atom. The Bertz CT molecular complexity index is 1010. The molecule has 2 heterocycles. The summed E-state index contributed by atoms with van der Waals surface area (Å²) in [6.07, 6.45) is -0.0346. The largest absolute Gasteiger partial charge is 0.372 e. The standard InChI is InChI=1S/C26H30N2O3/c1-17-15-27(16-18(2)31-17)23-22(19-9-7-6-8-10-19)24(29)28(25(23)30)21-13-11-20(12-14-21)26(3,4)5/h6-14,17-18H,15-16H2,1-5H3. The Hall–Kier alpha value is -2.92. The molecule has 0 radical (unpaired) electrons. The molecule has 2 aliphatic rings. The lowest BCUT2D eigenvalue weighted by atomic mass is 9.87. The van der Waals surface area contributed by atoms with Crippen LogP contribution in [0.15, 0.2) is 60.3 Å². The molecule has 0 aliphatic carbocycles. The van der Waals surface area contributed by atoms with Crippen LogP contribution in [0.2, 0.25) is 0 Å². The predicted molar refractivity (Wildman–Crippen MR) is 123 cm³/mol. The number of hydrogen-bond acceptors (Lipinski definition) is 4. The molecular formula is C26H30N2O3. The fourth-order valence-electron chi connectivity index (χ4n) is 4.38. The number of ether oxygens (including phenoxy) is 1. The molecule has 0 N–H and O–H groups in total. The summed E-state index contributed by atoms with van der Waals surface area (Å²) >= 11 is 0. The maximum absolute atomic E-state index is 13.7. The van der Waals surface area contributed by atoms with E-state index in [9.17, 15) is 9.59 Å². The van der Waals surface area contributed by atoms with Crippen LogP contribution in [0.1, 0.15) is 45.7 Å². The van der Waals surface area contributed by atoms with Gasteiger partial charge in [-0.3, -0.25) is 9.59 Å². The molecule has 1 fully saturated rings. The van der Waals surface area contributed by atoms with E-state index in [2.05, 4.69) is 20.8 Å². The van der Waals surface area contributed by atoms with Crippen molar-refractivity contribution in [3.05, 3.63) is 71.4 Å². The number of carbonyl (C=O) groups is 2. The van der Waals surface area contributed by atoms with Crippen molar-refractivity contribution >= 4 is 23.1 Å². The van der Waals surface area contributed by atoms with Gasteiger partial charge in [0.2, 0.25) is 0 Å². The maximum Gasteiger partial charge on any atom is 0.282 e. The summed E-state index contributed by atoms with van der Waals surface area (Å²) in [5, 5.41) is 0. The Kier molecular flexibility index (Phi) is 5.48. The topological polar surface area (TPSA) is 49.9 Å². The van der Waals surface area contributed by atoms with Crippen molar-refractivity contribution in [2.24, 2.45) is 0 Å². The zero-order valence-electron chi connectivity index (χ0n) is 18.9. The minimum absolute atomic E-state index is 0.00373. The number of morpholine rings is 1. The highest BCUT2D eigenvalue weighted by Gasteiger charge is 2.43. The lowest BCUT2D eigenvalue weighted by molar-refractivity contribution is -0.121. The molecule has 2 aliphatic heterocycles. The number of benzene rings is 2. The second kappa shape index (κ2) is 7.97. The summed E-state index contributed by atoms with van der Waals surface area (Å²) < 4.78 is 5.86. The van der Waals surface area contributed by atoms with Gasteiger partial charge in [0.25, 0.3) is 11.8 Å². The van der Waals surface area contributed by atoms with Gasteiger partial charge in [-0.2, -0.15) is 0 Å². The van der Waals surface area contributed by atoms with E-state index < -0.39 is 0 Å². The van der Waals surface area contributed by atoms with E-state index in [1.807, 2.05) is 73.3 Å². The van der Waals surface area contributed by atoms with Crippen LogP contribution in [0.25, 0.3) is 5.57 Å². The minimum Gasteiger partial charge on any atom is -0.372 e. The first kappa shape index (κ1) is 21.3. The number of imide groups is 1. The van der Waals surface area contributed by atoms with Crippen molar-refractivity contribution in [1.82, 2.24) is 4.90 Å². The van der Waals surface area contributed by atoms with Crippen LogP contribution in [-0.2, 0) is 19.7 Å². The number of amides is 2. The fourth-order valence-corrected chi connectivity index (χ4v) is 4.38. The lowest BCUT2D eigenvalue weighted by Gasteiger charge is -2.37. The van der Waals surface area contributed by atoms with Crippen molar-refractivity contribution in [2.45, 2.75) is 52.2 Å². The highest BCUT2D eigenvalue weighted by atomic mass is 16.5. The van der Waals surface area contributed by atoms with Crippen LogP contribution in [0, 0.1) is 0 Å². The molecule has 31 heavy (non-hydrogen) atoms. The SMILES string of the molecule is CC1CN(C2=C(c3ccccc3)C(=O)N(c3ccc(C(C)(C)C)cc3)C2=O)CC(C)O1. The molecule has 0 aromatic heterocycles. The molecule has 4 rings (SSSR count). The monoisotopic (exact) mass is 418 g/mol. The second-order valence-corrected chi connectivity index (χ2v) is 9.49. The van der Waals surface area contributed by atoms with Gasteiger partial charge in [-0.1, -0.05) is 63.2 Å². The Labute approximate surface area is 184 Å². The van der Waals surface area contributed by atoms with Crippen LogP contribution in [0.3, 0.4) is 0 Å². The zero-order valence-corrected chi connectivity index (χ0v) is 18.9. The molecular weight excluding hydrogens is 388 g/mol. The smallest absolute Gasteiger partial charge is 0.282 e. The number of carbonyl (C=O) groups excluding carboxylic acids is 2. The van der Waals surface area contributed by atoms with Gasteiger partial charge in [-0.05, 0) is 42.5 Å². The summed E-state index contributed by atoms with van der Waals surface area (Å²) in [5.74, 6) is -0.546. The van der Waals surface area contributed by atoms with E-state index >= 15 is 0 Å². The highest BCUT2D eigenvalue weighted by molar-refractivity contribution is 6.45. The van der Waals surface area contributed by atoms with Crippen molar-refractivity contribution in [2.75, 3.05) is 18.0 Å². The molecule has 162 valence electrons. The zero-order chi connectivity index (χ0) is 22.3. The molecule has 0 saturated carbocycles. The van der Waals surface area contributed by atoms with Crippen molar-refractivity contribution in [3.63, 3.8) is 0 Å². The summed E-state index contributed by atoms with van der Waals surface area (Å²) in [5.41, 5.74) is 3.45. The van der Waals surface area contributed by atoms with Gasteiger partial charge in [0.05, 0.1) is 23.5 Å². The quantitative estimate of drug-likeness (QED) is 0.694. The van der Waals surface area contributed by atoms with E-state index in [0.29, 0.717) is 30.0 Å². The van der Waals surface area contributed by atoms with Crippen LogP contribution in [0.5, 0.6) is 0 Å². The number of anilines is 1. The van der Waals surface area contributed by atoms with Gasteiger partial charge < -0.3 is 9.64 Å². The molecule has 2 atom stereocenters. The average Bonchev–Trinajstić information content (AvgIpc) is 2.97. The number of hydrogen-bond donors (Lipinski definition) is 0. The number of nitrogens with zero attached hydrogens (tertiary/aromatic N) is 2. The lowest BCUT2D eigenvalue weighted by Crippen LogP contribution is -2.47. The highest BCUT2D eigenvalue weighted by Crippen LogP contribution is 2.36. The van der Waals surface area contributed by atoms with Gasteiger partial charge in [0.1, 0.15) is 5.70 Å². The van der Waals surface area contributed by atoms with Gasteiger partial charge >= 0.3 is 0 Å². The van der Waals surface area contributed by atoms with Gasteiger partial charge in [-0.15, -0.1) is 0 Å². The normalized spacial score (nSPS) is 22.5. The molecule has 1 saturated heterocycles. The predicted octanol–water partition coefficient (Wildman–Crippen LogP) is 4.38. The Balaban J connectivity index is 1.77. The third kappa shape index (κ3) is 4.02. The molecule has 0 bridgehead atoms. The van der Waals surface area contributed by atoms with E-state index in [4.69, 9.17) is 4.74 Å². The Morgan fingerprint density at radius 3 is 1.97 bits per heavy atom. The Morgan fingerprint density at radius 1 is 0.839 bits per heavy atom. The molecule has 2 unspecified atom stereocenters. The maximum atomic E-state index is 13.7. The van der Waals surface area contributed by atoms with Crippen LogP contribution >= 0.6 is 0 Å². The van der Waals surface area contributed by atoms with E-state index in [1.54, 1.807) is 0 Å². The van der Waals surface area contributed by atoms with Gasteiger partial charge in [0, 0.05) is 13.1 Å². The van der Waals surface area contributed by atoms with Crippen LogP contribution in [-0.4, -0.2) is 42.0 Å². The first-order valence-corrected chi connectivity index (χ1v) is 10.9. The van der Waals surface area contributed by atoms with Gasteiger partial charge in [0.15, 0.2) is 0 Å². The fraction of sp³-hybridized carbons (Fsp3) is 0.385. The van der Waals surface area contributed by atoms with Crippen molar-refractivity contribution in [3.8, 4) is 0 Å². The van der Waals surface area contributed by atoms with E-state index in [-0.39, 0.29) is 29.4 Å². The molecule has 2 aromatic carbocycles. The minimum atomic E-state index is -0.276. The van der Waals surface area contributed by atoms with Crippen molar-refractivity contribution < 1.29 is 14.3 Å². The molecule has 0 spiro atoms. The molecule has 5 heteroatoms. The molecule has 5 nitrogen and oxygen atoms in total. The summed E-state index contributed by atoms with van der Waals surface area (Å²) in [4.78, 5) is 30.6. The third-order valence-electron chi connectivity index (χ3n) is 5.85. The van der Waals surface area contributed by atoms with Crippen molar-refractivity contribution in [1.29, 1.82) is 0 Å². The molecule has 2 amide bonds. The van der Waals surface area contributed by atoms with Gasteiger partial charge in [-0.25, -0.2) is 4.90 Å². The second-order valence-electron chi connectivity index (χ2n) is 9.49. The third-order valence-corrected chi connectivity index (χ3v) is 5.85. The van der Waals surface area contributed by atoms with Crippen LogP contribution < -0.4 is 4.90 Å². The average molecular weight is 419 g/mol. The number of rotatable bonds is 3. The first-order valence-electron chi connectivity index (χ1n) is 10.9. The summed E-state index contributed by atoms with van der Waals surface area (Å²) in [6.45, 7) is 11.6. The van der Waals surface area contributed by atoms with E-state index in [0.717, 1.165) is 11.1 Å². The molecule has 2 aromatic rings. The van der Waals surface area contributed by atoms with Crippen LogP contribution in [0.4, 0.5) is 5.69 Å². The summed E-state index contributed by atoms with van der Waals surface area (Å²) in [7, 11) is 0. The first-order chi connectivity index (χ1) is 14.7.